The minimum atomic E-state index is -1.09. The van der Waals surface area contributed by atoms with Gasteiger partial charge in [-0.25, -0.2) is 19.6 Å². The number of carbonyl (C=O) groups excluding carboxylic acids is 3. The Hall–Kier alpha value is -4.95. The van der Waals surface area contributed by atoms with Crippen LogP contribution < -0.4 is 20.9 Å². The molecule has 0 spiro atoms. The van der Waals surface area contributed by atoms with Gasteiger partial charge in [0.2, 0.25) is 5.91 Å². The summed E-state index contributed by atoms with van der Waals surface area (Å²) in [6.07, 6.45) is 3.24. The van der Waals surface area contributed by atoms with Gasteiger partial charge >= 0.3 is 12.2 Å². The maximum absolute atomic E-state index is 13.8. The highest BCUT2D eigenvalue weighted by molar-refractivity contribution is 7.13. The minimum absolute atomic E-state index is 0.0118. The number of amides is 3. The van der Waals surface area contributed by atoms with Gasteiger partial charge in [0.25, 0.3) is 0 Å². The van der Waals surface area contributed by atoms with E-state index in [1.54, 1.807) is 0 Å². The van der Waals surface area contributed by atoms with Gasteiger partial charge in [0.05, 0.1) is 24.0 Å². The number of rotatable bonds is 17. The van der Waals surface area contributed by atoms with E-state index < -0.39 is 42.3 Å². The molecule has 5 rings (SSSR count). The molecule has 3 amide bonds. The largest absolute Gasteiger partial charge is 0.445 e. The summed E-state index contributed by atoms with van der Waals surface area (Å²) in [5.41, 5.74) is 2.49. The fourth-order valence-corrected chi connectivity index (χ4v) is 6.76. The van der Waals surface area contributed by atoms with Gasteiger partial charge in [-0.2, -0.15) is 0 Å². The second kappa shape index (κ2) is 18.9. The molecule has 0 bridgehead atoms. The normalized spacial score (nSPS) is 15.1. The molecule has 1 saturated heterocycles. The minimum Gasteiger partial charge on any atom is -0.445 e. The molecule has 13 nitrogen and oxygen atoms in total. The lowest BCUT2D eigenvalue weighted by Gasteiger charge is -2.30. The van der Waals surface area contributed by atoms with Gasteiger partial charge in [-0.05, 0) is 49.1 Å². The fraction of sp³-hybridized carbons (Fsp3) is 0.432. The van der Waals surface area contributed by atoms with Crippen LogP contribution >= 0.6 is 11.3 Å². The summed E-state index contributed by atoms with van der Waals surface area (Å²) in [6.45, 7) is 5.48. The first kappa shape index (κ1) is 37.3. The molecule has 4 N–H and O–H groups in total. The highest BCUT2D eigenvalue weighted by Gasteiger charge is 2.31. The van der Waals surface area contributed by atoms with E-state index in [1.165, 1.54) is 23.9 Å². The summed E-state index contributed by atoms with van der Waals surface area (Å²) in [6, 6.07) is 16.8. The molecule has 0 radical (unpaired) electrons. The van der Waals surface area contributed by atoms with Crippen LogP contribution in [-0.4, -0.2) is 70.5 Å². The molecule has 51 heavy (non-hydrogen) atoms. The van der Waals surface area contributed by atoms with Crippen molar-refractivity contribution in [3.05, 3.63) is 101 Å². The maximum Gasteiger partial charge on any atom is 0.408 e. The van der Waals surface area contributed by atoms with Crippen molar-refractivity contribution < 1.29 is 33.4 Å². The maximum atomic E-state index is 13.8. The number of alkyl carbamates (subject to hydrolysis) is 2. The first-order valence-electron chi connectivity index (χ1n) is 17.2. The zero-order chi connectivity index (χ0) is 36.0. The first-order valence-corrected chi connectivity index (χ1v) is 18.1. The zero-order valence-corrected chi connectivity index (χ0v) is 29.7. The average molecular weight is 719 g/mol. The number of hydrogen-bond acceptors (Lipinski definition) is 11. The van der Waals surface area contributed by atoms with Crippen molar-refractivity contribution in [1.82, 2.24) is 25.9 Å². The summed E-state index contributed by atoms with van der Waals surface area (Å²) >= 11 is 1.52. The van der Waals surface area contributed by atoms with Crippen LogP contribution in [0.15, 0.2) is 83.1 Å². The van der Waals surface area contributed by atoms with Crippen LogP contribution in [0.3, 0.4) is 0 Å². The van der Waals surface area contributed by atoms with Gasteiger partial charge in [0.1, 0.15) is 12.6 Å². The Morgan fingerprint density at radius 1 is 0.902 bits per heavy atom. The first-order chi connectivity index (χ1) is 24.7. The molecule has 0 unspecified atom stereocenters. The molecule has 3 heterocycles. The molecule has 1 aliphatic heterocycles. The van der Waals surface area contributed by atoms with Crippen molar-refractivity contribution in [3.8, 4) is 0 Å². The van der Waals surface area contributed by atoms with Crippen molar-refractivity contribution >= 4 is 34.6 Å². The number of thiazole rings is 1. The number of oxazole rings is 1. The van der Waals surface area contributed by atoms with Crippen LogP contribution in [0.2, 0.25) is 0 Å². The predicted octanol–water partition coefficient (Wildman–Crippen LogP) is 5.00. The molecule has 0 saturated carbocycles. The molecule has 272 valence electrons. The van der Waals surface area contributed by atoms with Crippen LogP contribution in [0, 0.1) is 5.92 Å². The smallest absolute Gasteiger partial charge is 0.408 e. The van der Waals surface area contributed by atoms with Gasteiger partial charge in [-0.3, -0.25) is 4.79 Å². The Bertz CT molecular complexity index is 1650. The topological polar surface area (TPSA) is 168 Å². The second-order valence-corrected chi connectivity index (χ2v) is 13.8. The molecule has 4 atom stereocenters. The van der Waals surface area contributed by atoms with Crippen molar-refractivity contribution in [2.45, 2.75) is 83.4 Å². The third kappa shape index (κ3) is 11.8. The van der Waals surface area contributed by atoms with Crippen LogP contribution in [-0.2, 0) is 40.3 Å². The van der Waals surface area contributed by atoms with Gasteiger partial charge in [-0.15, -0.1) is 11.3 Å². The number of benzene rings is 2. The molecular formula is C37H46N6O7S. The van der Waals surface area contributed by atoms with E-state index in [9.17, 15) is 19.5 Å². The fourth-order valence-electron chi connectivity index (χ4n) is 5.89. The Labute approximate surface area is 301 Å². The monoisotopic (exact) mass is 718 g/mol. The van der Waals surface area contributed by atoms with Gasteiger partial charge in [-0.1, -0.05) is 74.5 Å². The number of hydrogen-bond donors (Lipinski definition) is 4. The number of ether oxygens (including phenoxy) is 2. The van der Waals surface area contributed by atoms with Gasteiger partial charge < -0.3 is 39.8 Å². The van der Waals surface area contributed by atoms with Crippen molar-refractivity contribution in [3.63, 3.8) is 0 Å². The number of aromatic nitrogens is 2. The zero-order valence-electron chi connectivity index (χ0n) is 28.9. The average Bonchev–Trinajstić information content (AvgIpc) is 3.93. The predicted molar refractivity (Wildman–Crippen MR) is 192 cm³/mol. The summed E-state index contributed by atoms with van der Waals surface area (Å²) in [4.78, 5) is 50.2. The summed E-state index contributed by atoms with van der Waals surface area (Å²) in [7, 11) is 0. The van der Waals surface area contributed by atoms with Crippen molar-refractivity contribution in [1.29, 1.82) is 0 Å². The van der Waals surface area contributed by atoms with Crippen LogP contribution in [0.4, 0.5) is 14.7 Å². The van der Waals surface area contributed by atoms with Gasteiger partial charge in [0, 0.05) is 24.5 Å². The standard InChI is InChI=1S/C37H46N6O7S/c1-25(2)33(42-37(47)48-21-29-23-51-35(40-29)43-15-9-10-16-43)34(45)39-28(17-26-11-5-3-6-12-26)19-32(44)31(18-27-13-7-4-8-14-27)41-36(46)49-22-30-20-38-24-50-30/h3-8,11-14,20,23-25,28,31-33,44H,9-10,15-19,21-22H2,1-2H3,(H,39,45)(H,41,46)(H,42,47)/t28-,31-,32-,33-/m0/s1. The molecule has 2 aromatic carbocycles. The third-order valence-corrected chi connectivity index (χ3v) is 9.53. The van der Waals surface area contributed by atoms with Crippen LogP contribution in [0.5, 0.6) is 0 Å². The van der Waals surface area contributed by atoms with E-state index in [2.05, 4.69) is 30.8 Å². The Morgan fingerprint density at radius 3 is 2.20 bits per heavy atom. The molecule has 1 aliphatic rings. The number of anilines is 1. The summed E-state index contributed by atoms with van der Waals surface area (Å²) in [5.74, 6) is -0.311. The lowest BCUT2D eigenvalue weighted by molar-refractivity contribution is -0.125. The van der Waals surface area contributed by atoms with E-state index in [-0.39, 0.29) is 25.6 Å². The summed E-state index contributed by atoms with van der Waals surface area (Å²) < 4.78 is 15.9. The van der Waals surface area contributed by atoms with Crippen LogP contribution in [0.25, 0.3) is 0 Å². The molecule has 1 fully saturated rings. The molecule has 0 aliphatic carbocycles. The van der Waals surface area contributed by atoms with Crippen LogP contribution in [0.1, 0.15) is 55.7 Å². The molecule has 14 heteroatoms. The number of nitrogens with zero attached hydrogens (tertiary/aromatic N) is 3. The van der Waals surface area contributed by atoms with E-state index >= 15 is 0 Å². The Balaban J connectivity index is 1.23. The second-order valence-electron chi connectivity index (χ2n) is 12.9. The number of aliphatic hydroxyl groups is 1. The lowest BCUT2D eigenvalue weighted by Crippen LogP contribution is -2.54. The Kier molecular flexibility index (Phi) is 13.8. The highest BCUT2D eigenvalue weighted by Crippen LogP contribution is 2.24. The van der Waals surface area contributed by atoms with Gasteiger partial charge in [0.15, 0.2) is 23.9 Å². The molecule has 2 aromatic heterocycles. The molecule has 4 aromatic rings. The van der Waals surface area contributed by atoms with E-state index in [4.69, 9.17) is 13.9 Å². The van der Waals surface area contributed by atoms with E-state index in [1.807, 2.05) is 79.9 Å². The summed E-state index contributed by atoms with van der Waals surface area (Å²) in [5, 5.41) is 23.0. The number of aliphatic hydroxyl groups excluding tert-OH is 1. The Morgan fingerprint density at radius 2 is 1.55 bits per heavy atom. The quantitative estimate of drug-likeness (QED) is 0.117. The molecular weight excluding hydrogens is 673 g/mol. The number of carbonyl (C=O) groups is 3. The SMILES string of the molecule is CC(C)[C@H](NC(=O)OCc1csc(N2CCCC2)n1)C(=O)N[C@@H](Cc1ccccc1)C[C@H](O)[C@H](Cc1ccccc1)NC(=O)OCc1cnco1. The van der Waals surface area contributed by atoms with Crippen molar-refractivity contribution in [2.24, 2.45) is 5.92 Å². The van der Waals surface area contributed by atoms with E-state index in [0.717, 1.165) is 42.2 Å². The van der Waals surface area contributed by atoms with Crippen molar-refractivity contribution in [2.75, 3.05) is 18.0 Å². The highest BCUT2D eigenvalue weighted by atomic mass is 32.1. The third-order valence-electron chi connectivity index (χ3n) is 8.58. The number of nitrogens with one attached hydrogen (secondary N) is 3. The lowest BCUT2D eigenvalue weighted by atomic mass is 9.93. The van der Waals surface area contributed by atoms with E-state index in [0.29, 0.717) is 24.3 Å².